The van der Waals surface area contributed by atoms with E-state index in [1.54, 1.807) is 31.2 Å². The summed E-state index contributed by atoms with van der Waals surface area (Å²) in [6, 6.07) is 17.8. The van der Waals surface area contributed by atoms with Crippen molar-refractivity contribution in [1.82, 2.24) is 35.1 Å². The van der Waals surface area contributed by atoms with Crippen molar-refractivity contribution in [2.75, 3.05) is 55.6 Å². The quantitative estimate of drug-likeness (QED) is 0.176. The van der Waals surface area contributed by atoms with Gasteiger partial charge in [0.05, 0.1) is 40.9 Å². The van der Waals surface area contributed by atoms with Gasteiger partial charge in [0.1, 0.15) is 11.8 Å². The number of halogens is 1. The first-order valence-electron chi connectivity index (χ1n) is 23.5. The summed E-state index contributed by atoms with van der Waals surface area (Å²) >= 11 is 6.18. The molecule has 1 atom stereocenters. The van der Waals surface area contributed by atoms with Gasteiger partial charge in [-0.3, -0.25) is 14.3 Å². The SMILES string of the molecule is CC(=O)N1CCc2c(c(N3CCCc4cc(C#N)c(C)cc43)nn2C2CCN(CC3CCN(c4ccc(C(=O)NC5CCC(Oc6ccc(C#N)c(Cl)c6)CC5)nn4)CC3(C)C)CC2)C1. The number of aromatic nitrogens is 4. The molecule has 340 valence electrons. The molecule has 1 saturated carbocycles. The smallest absolute Gasteiger partial charge is 0.272 e. The second-order valence-corrected chi connectivity index (χ2v) is 20.0. The number of likely N-dealkylation sites (tertiary alicyclic amines) is 1. The highest BCUT2D eigenvalue weighted by molar-refractivity contribution is 6.31. The van der Waals surface area contributed by atoms with Crippen molar-refractivity contribution in [2.24, 2.45) is 11.3 Å². The van der Waals surface area contributed by atoms with Crippen LogP contribution in [-0.4, -0.2) is 99.6 Å². The first-order valence-corrected chi connectivity index (χ1v) is 23.9. The molecule has 2 saturated heterocycles. The number of nitrogens with zero attached hydrogens (tertiary/aromatic N) is 10. The molecule has 1 aliphatic carbocycles. The molecule has 14 nitrogen and oxygen atoms in total. The van der Waals surface area contributed by atoms with Crippen LogP contribution in [0.2, 0.25) is 5.02 Å². The number of carbonyl (C=O) groups excluding carboxylic acids is 2. The summed E-state index contributed by atoms with van der Waals surface area (Å²) in [4.78, 5) is 35.1. The maximum atomic E-state index is 13.2. The van der Waals surface area contributed by atoms with Gasteiger partial charge < -0.3 is 29.7 Å². The summed E-state index contributed by atoms with van der Waals surface area (Å²) in [7, 11) is 0. The van der Waals surface area contributed by atoms with Gasteiger partial charge in [0.25, 0.3) is 5.91 Å². The van der Waals surface area contributed by atoms with E-state index < -0.39 is 0 Å². The van der Waals surface area contributed by atoms with E-state index in [2.05, 4.69) is 73.0 Å². The van der Waals surface area contributed by atoms with Crippen LogP contribution in [0.15, 0.2) is 42.5 Å². The van der Waals surface area contributed by atoms with Gasteiger partial charge in [-0.1, -0.05) is 25.4 Å². The highest BCUT2D eigenvalue weighted by Crippen LogP contribution is 2.42. The molecule has 2 aromatic carbocycles. The third-order valence-electron chi connectivity index (χ3n) is 14.8. The summed E-state index contributed by atoms with van der Waals surface area (Å²) in [5.74, 6) is 2.85. The topological polar surface area (TPSA) is 160 Å². The molecule has 1 unspecified atom stereocenters. The predicted octanol–water partition coefficient (Wildman–Crippen LogP) is 7.68. The fourth-order valence-corrected chi connectivity index (χ4v) is 11.2. The van der Waals surface area contributed by atoms with Gasteiger partial charge in [0.15, 0.2) is 17.3 Å². The van der Waals surface area contributed by atoms with Gasteiger partial charge in [0, 0.05) is 88.2 Å². The summed E-state index contributed by atoms with van der Waals surface area (Å²) < 4.78 is 8.46. The lowest BCUT2D eigenvalue weighted by molar-refractivity contribution is -0.129. The summed E-state index contributed by atoms with van der Waals surface area (Å²) in [6.45, 7) is 15.4. The summed E-state index contributed by atoms with van der Waals surface area (Å²) in [5, 5.41) is 36.8. The van der Waals surface area contributed by atoms with Gasteiger partial charge in [-0.05, 0) is 124 Å². The van der Waals surface area contributed by atoms with E-state index in [1.165, 1.54) is 16.8 Å². The second kappa shape index (κ2) is 18.7. The normalized spacial score (nSPS) is 22.3. The van der Waals surface area contributed by atoms with Crippen LogP contribution in [0.25, 0.3) is 0 Å². The number of fused-ring (bicyclic) bond motifs is 2. The molecule has 9 rings (SSSR count). The third-order valence-corrected chi connectivity index (χ3v) is 15.2. The van der Waals surface area contributed by atoms with Crippen molar-refractivity contribution < 1.29 is 14.3 Å². The van der Waals surface area contributed by atoms with E-state index in [-0.39, 0.29) is 29.4 Å². The third kappa shape index (κ3) is 9.39. The van der Waals surface area contributed by atoms with Crippen LogP contribution in [0, 0.1) is 40.9 Å². The molecule has 5 aliphatic rings. The minimum absolute atomic E-state index is 0.0264. The Morgan fingerprint density at radius 2 is 1.69 bits per heavy atom. The first-order chi connectivity index (χ1) is 31.4. The molecule has 0 bridgehead atoms. The van der Waals surface area contributed by atoms with Crippen molar-refractivity contribution in [2.45, 2.75) is 117 Å². The van der Waals surface area contributed by atoms with Crippen molar-refractivity contribution in [3.63, 3.8) is 0 Å². The maximum Gasteiger partial charge on any atom is 0.272 e. The number of amides is 2. The Bertz CT molecular complexity index is 2510. The Morgan fingerprint density at radius 3 is 2.38 bits per heavy atom. The summed E-state index contributed by atoms with van der Waals surface area (Å²) in [5.41, 5.74) is 7.30. The molecule has 65 heavy (non-hydrogen) atoms. The minimum Gasteiger partial charge on any atom is -0.490 e. The van der Waals surface area contributed by atoms with E-state index in [0.717, 1.165) is 132 Å². The number of anilines is 3. The molecular weight excluding hydrogens is 838 g/mol. The molecule has 3 fully saturated rings. The number of carbonyl (C=O) groups is 2. The van der Waals surface area contributed by atoms with Gasteiger partial charge in [0.2, 0.25) is 5.91 Å². The molecular formula is C50H60ClN11O3. The molecule has 0 spiro atoms. The van der Waals surface area contributed by atoms with E-state index in [4.69, 9.17) is 26.7 Å². The number of benzene rings is 2. The number of aryl methyl sites for hydroxylation is 2. The van der Waals surface area contributed by atoms with Crippen molar-refractivity contribution >= 4 is 40.7 Å². The lowest BCUT2D eigenvalue weighted by Crippen LogP contribution is -2.50. The highest BCUT2D eigenvalue weighted by atomic mass is 35.5. The second-order valence-electron chi connectivity index (χ2n) is 19.6. The van der Waals surface area contributed by atoms with Gasteiger partial charge in [-0.25, -0.2) is 0 Å². The van der Waals surface area contributed by atoms with Crippen LogP contribution in [-0.2, 0) is 24.2 Å². The number of nitriles is 2. The van der Waals surface area contributed by atoms with E-state index in [0.29, 0.717) is 47.1 Å². The lowest BCUT2D eigenvalue weighted by Gasteiger charge is -2.47. The zero-order valence-corrected chi connectivity index (χ0v) is 38.9. The van der Waals surface area contributed by atoms with E-state index >= 15 is 0 Å². The fourth-order valence-electron chi connectivity index (χ4n) is 10.9. The number of rotatable bonds is 9. The monoisotopic (exact) mass is 897 g/mol. The number of hydrogen-bond acceptors (Lipinski definition) is 11. The number of nitrogens with one attached hydrogen (secondary N) is 1. The zero-order chi connectivity index (χ0) is 45.4. The van der Waals surface area contributed by atoms with E-state index in [1.807, 2.05) is 17.9 Å². The van der Waals surface area contributed by atoms with Crippen LogP contribution in [0.1, 0.15) is 122 Å². The average molecular weight is 899 g/mol. The molecule has 0 radical (unpaired) electrons. The van der Waals surface area contributed by atoms with Crippen molar-refractivity contribution in [3.8, 4) is 17.9 Å². The Kier molecular flexibility index (Phi) is 12.8. The van der Waals surface area contributed by atoms with Crippen LogP contribution < -0.4 is 19.9 Å². The minimum atomic E-state index is -0.207. The fraction of sp³-hybridized carbons (Fsp3) is 0.540. The lowest BCUT2D eigenvalue weighted by atomic mass is 9.73. The van der Waals surface area contributed by atoms with Crippen LogP contribution in [0.3, 0.4) is 0 Å². The molecule has 4 aliphatic heterocycles. The summed E-state index contributed by atoms with van der Waals surface area (Å²) in [6.07, 6.45) is 9.08. The van der Waals surface area contributed by atoms with Crippen LogP contribution >= 0.6 is 11.6 Å². The largest absolute Gasteiger partial charge is 0.490 e. The first kappa shape index (κ1) is 44.5. The standard InChI is InChI=1S/C50H60ClN11O3/c1-32-24-46-34(25-36(32)28-53)6-5-19-61(46)48-42-30-59(33(2)63)23-18-45(42)62(57-48)39-16-20-58(21-17-39)29-37-15-22-60(31-50(37,3)4)47-14-13-44(55-56-47)49(64)54-38-8-11-40(12-9-38)65-41-10-7-35(27-52)43(51)26-41/h7,10,13-14,24-26,37-40H,5-6,8-9,11-12,15-23,29-31H2,1-4H3,(H,54,64). The number of ether oxygens (including phenoxy) is 1. The molecule has 6 heterocycles. The van der Waals surface area contributed by atoms with Crippen molar-refractivity contribution in [3.05, 3.63) is 86.7 Å². The number of piperidine rings is 2. The zero-order valence-electron chi connectivity index (χ0n) is 38.2. The molecule has 15 heteroatoms. The molecule has 4 aromatic rings. The van der Waals surface area contributed by atoms with Crippen LogP contribution in [0.5, 0.6) is 5.75 Å². The van der Waals surface area contributed by atoms with Crippen LogP contribution in [0.4, 0.5) is 17.3 Å². The number of hydrogen-bond donors (Lipinski definition) is 1. The Morgan fingerprint density at radius 1 is 0.908 bits per heavy atom. The Balaban J connectivity index is 0.777. The van der Waals surface area contributed by atoms with Gasteiger partial charge in [-0.2, -0.15) is 15.6 Å². The molecule has 2 aromatic heterocycles. The predicted molar refractivity (Wildman–Crippen MR) is 249 cm³/mol. The Hall–Kier alpha value is -5.70. The maximum absolute atomic E-state index is 13.2. The highest BCUT2D eigenvalue weighted by Gasteiger charge is 2.39. The Labute approximate surface area is 387 Å². The van der Waals surface area contributed by atoms with E-state index in [9.17, 15) is 14.9 Å². The molecule has 2 amide bonds. The van der Waals surface area contributed by atoms with Crippen molar-refractivity contribution in [1.29, 1.82) is 10.5 Å². The average Bonchev–Trinajstić information content (AvgIpc) is 3.69. The van der Waals surface area contributed by atoms with Gasteiger partial charge >= 0.3 is 0 Å². The van der Waals surface area contributed by atoms with Gasteiger partial charge in [-0.15, -0.1) is 10.2 Å². The molecule has 1 N–H and O–H groups in total.